The van der Waals surface area contributed by atoms with Crippen molar-refractivity contribution >= 4 is 11.9 Å². The summed E-state index contributed by atoms with van der Waals surface area (Å²) in [7, 11) is 0. The molecule has 5 nitrogen and oxygen atoms in total. The second-order valence-electron chi connectivity index (χ2n) is 4.36. The highest BCUT2D eigenvalue weighted by Crippen LogP contribution is 2.03. The molecule has 0 rings (SSSR count). The van der Waals surface area contributed by atoms with Crippen LogP contribution in [0.4, 0.5) is 0 Å². The number of carboxylic acids is 1. The third kappa shape index (κ3) is 6.26. The maximum absolute atomic E-state index is 11.9. The summed E-state index contributed by atoms with van der Waals surface area (Å²) in [5.74, 6) is -1.12. The van der Waals surface area contributed by atoms with E-state index in [9.17, 15) is 9.59 Å². The normalized spacial score (nSPS) is 14.1. The van der Waals surface area contributed by atoms with Crippen molar-refractivity contribution in [2.24, 2.45) is 0 Å². The predicted molar refractivity (Wildman–Crippen MR) is 66.9 cm³/mol. The van der Waals surface area contributed by atoms with Gasteiger partial charge in [-0.05, 0) is 26.7 Å². The zero-order valence-electron chi connectivity index (χ0n) is 11.2. The first kappa shape index (κ1) is 15.9. The van der Waals surface area contributed by atoms with Gasteiger partial charge in [-0.15, -0.1) is 0 Å². The summed E-state index contributed by atoms with van der Waals surface area (Å²) in [5, 5.41) is 11.9. The van der Waals surface area contributed by atoms with Crippen LogP contribution in [0.15, 0.2) is 0 Å². The molecule has 17 heavy (non-hydrogen) atoms. The highest BCUT2D eigenvalue weighted by molar-refractivity contribution is 5.83. The number of nitrogens with one attached hydrogen (secondary N) is 1. The zero-order chi connectivity index (χ0) is 13.4. The molecule has 0 aliphatic heterocycles. The number of carbonyl (C=O) groups excluding carboxylic acids is 1. The highest BCUT2D eigenvalue weighted by Gasteiger charge is 2.21. The molecule has 0 aromatic carbocycles. The van der Waals surface area contributed by atoms with E-state index in [4.69, 9.17) is 5.11 Å². The van der Waals surface area contributed by atoms with E-state index in [1.807, 2.05) is 27.7 Å². The summed E-state index contributed by atoms with van der Waals surface area (Å²) in [6, 6.07) is 0.222. The Balaban J connectivity index is 4.37. The van der Waals surface area contributed by atoms with E-state index in [-0.39, 0.29) is 31.1 Å². The van der Waals surface area contributed by atoms with Crippen LogP contribution in [0.1, 0.15) is 40.5 Å². The van der Waals surface area contributed by atoms with Gasteiger partial charge in [0.1, 0.15) is 6.54 Å². The standard InChI is InChI=1S/C12H24N2O3/c1-5-9(3)13-7-11(15)14(8-12(16)17)10(4)6-2/h9-10,13H,5-8H2,1-4H3,(H,16,17). The van der Waals surface area contributed by atoms with Gasteiger partial charge in [0.15, 0.2) is 0 Å². The molecule has 2 unspecified atom stereocenters. The van der Waals surface area contributed by atoms with Crippen LogP contribution in [0.3, 0.4) is 0 Å². The van der Waals surface area contributed by atoms with Gasteiger partial charge in [0.25, 0.3) is 0 Å². The number of hydrogen-bond donors (Lipinski definition) is 2. The van der Waals surface area contributed by atoms with Crippen LogP contribution >= 0.6 is 0 Å². The van der Waals surface area contributed by atoms with Gasteiger partial charge in [0.2, 0.25) is 5.91 Å². The van der Waals surface area contributed by atoms with Crippen LogP contribution in [0.2, 0.25) is 0 Å². The van der Waals surface area contributed by atoms with Crippen molar-refractivity contribution in [3.63, 3.8) is 0 Å². The van der Waals surface area contributed by atoms with Crippen molar-refractivity contribution in [1.29, 1.82) is 0 Å². The lowest BCUT2D eigenvalue weighted by Gasteiger charge is -2.27. The Morgan fingerprint density at radius 3 is 2.24 bits per heavy atom. The minimum Gasteiger partial charge on any atom is -0.480 e. The highest BCUT2D eigenvalue weighted by atomic mass is 16.4. The Morgan fingerprint density at radius 1 is 1.24 bits per heavy atom. The average Bonchev–Trinajstić information content (AvgIpc) is 2.31. The molecule has 0 aliphatic rings. The number of carbonyl (C=O) groups is 2. The molecule has 1 amide bonds. The number of nitrogens with zero attached hydrogens (tertiary/aromatic N) is 1. The lowest BCUT2D eigenvalue weighted by molar-refractivity contribution is -0.145. The summed E-state index contributed by atoms with van der Waals surface area (Å²) in [5.41, 5.74) is 0. The van der Waals surface area contributed by atoms with E-state index in [1.165, 1.54) is 4.90 Å². The molecule has 0 saturated carbocycles. The molecule has 100 valence electrons. The molecule has 0 aromatic heterocycles. The number of amides is 1. The fourth-order valence-electron chi connectivity index (χ4n) is 1.36. The second-order valence-corrected chi connectivity index (χ2v) is 4.36. The lowest BCUT2D eigenvalue weighted by Crippen LogP contribution is -2.47. The lowest BCUT2D eigenvalue weighted by atomic mass is 10.2. The van der Waals surface area contributed by atoms with Crippen molar-refractivity contribution in [2.75, 3.05) is 13.1 Å². The first-order valence-electron chi connectivity index (χ1n) is 6.16. The van der Waals surface area contributed by atoms with Gasteiger partial charge in [-0.3, -0.25) is 9.59 Å². The maximum Gasteiger partial charge on any atom is 0.323 e. The first-order chi connectivity index (χ1) is 7.92. The van der Waals surface area contributed by atoms with Crippen molar-refractivity contribution in [1.82, 2.24) is 10.2 Å². The molecule has 5 heteroatoms. The largest absolute Gasteiger partial charge is 0.480 e. The van der Waals surface area contributed by atoms with Crippen molar-refractivity contribution in [2.45, 2.75) is 52.6 Å². The summed E-state index contributed by atoms with van der Waals surface area (Å²) in [6.07, 6.45) is 1.69. The number of aliphatic carboxylic acids is 1. The number of carboxylic acid groups (broad SMARTS) is 1. The minimum atomic E-state index is -0.970. The smallest absolute Gasteiger partial charge is 0.323 e. The molecule has 2 atom stereocenters. The third-order valence-corrected chi connectivity index (χ3v) is 2.96. The first-order valence-corrected chi connectivity index (χ1v) is 6.16. The predicted octanol–water partition coefficient (Wildman–Crippen LogP) is 1.09. The Labute approximate surface area is 103 Å². The van der Waals surface area contributed by atoms with Gasteiger partial charge in [-0.25, -0.2) is 0 Å². The fourth-order valence-corrected chi connectivity index (χ4v) is 1.36. The molecule has 0 saturated heterocycles. The Bertz CT molecular complexity index is 256. The minimum absolute atomic E-state index is 0.0441. The Kier molecular flexibility index (Phi) is 7.54. The van der Waals surface area contributed by atoms with Crippen molar-refractivity contribution < 1.29 is 14.7 Å². The van der Waals surface area contributed by atoms with Gasteiger partial charge >= 0.3 is 5.97 Å². The SMILES string of the molecule is CCC(C)NCC(=O)N(CC(=O)O)C(C)CC. The van der Waals surface area contributed by atoms with Gasteiger partial charge in [0.05, 0.1) is 6.54 Å². The molecule has 0 spiro atoms. The van der Waals surface area contributed by atoms with Crippen molar-refractivity contribution in [3.05, 3.63) is 0 Å². The maximum atomic E-state index is 11.9. The zero-order valence-corrected chi connectivity index (χ0v) is 11.2. The molecular formula is C12H24N2O3. The number of rotatable bonds is 8. The van der Waals surface area contributed by atoms with E-state index in [2.05, 4.69) is 5.32 Å². The van der Waals surface area contributed by atoms with Crippen molar-refractivity contribution in [3.8, 4) is 0 Å². The van der Waals surface area contributed by atoms with E-state index in [0.29, 0.717) is 0 Å². The molecule has 0 heterocycles. The Hall–Kier alpha value is -1.10. The summed E-state index contributed by atoms with van der Waals surface area (Å²) < 4.78 is 0. The molecule has 0 radical (unpaired) electrons. The van der Waals surface area contributed by atoms with Gasteiger partial charge < -0.3 is 15.3 Å². The van der Waals surface area contributed by atoms with E-state index in [0.717, 1.165) is 12.8 Å². The van der Waals surface area contributed by atoms with E-state index < -0.39 is 5.97 Å². The molecule has 0 aromatic rings. The average molecular weight is 244 g/mol. The van der Waals surface area contributed by atoms with Crippen LogP contribution in [-0.2, 0) is 9.59 Å². The Morgan fingerprint density at radius 2 is 1.82 bits per heavy atom. The van der Waals surface area contributed by atoms with Crippen LogP contribution in [0.5, 0.6) is 0 Å². The van der Waals surface area contributed by atoms with Crippen LogP contribution < -0.4 is 5.32 Å². The molecule has 0 bridgehead atoms. The van der Waals surface area contributed by atoms with Crippen LogP contribution in [0.25, 0.3) is 0 Å². The van der Waals surface area contributed by atoms with Crippen LogP contribution in [0, 0.1) is 0 Å². The number of hydrogen-bond acceptors (Lipinski definition) is 3. The monoisotopic (exact) mass is 244 g/mol. The molecule has 0 aliphatic carbocycles. The fraction of sp³-hybridized carbons (Fsp3) is 0.833. The second kappa shape index (κ2) is 8.06. The third-order valence-electron chi connectivity index (χ3n) is 2.96. The summed E-state index contributed by atoms with van der Waals surface area (Å²) >= 11 is 0. The topological polar surface area (TPSA) is 69.6 Å². The van der Waals surface area contributed by atoms with E-state index >= 15 is 0 Å². The molecule has 2 N–H and O–H groups in total. The summed E-state index contributed by atoms with van der Waals surface area (Å²) in [4.78, 5) is 24.0. The van der Waals surface area contributed by atoms with Gasteiger partial charge in [-0.2, -0.15) is 0 Å². The van der Waals surface area contributed by atoms with Gasteiger partial charge in [0, 0.05) is 12.1 Å². The quantitative estimate of drug-likeness (QED) is 0.670. The van der Waals surface area contributed by atoms with Gasteiger partial charge in [-0.1, -0.05) is 13.8 Å². The molecular weight excluding hydrogens is 220 g/mol. The molecule has 0 fully saturated rings. The summed E-state index contributed by atoms with van der Waals surface area (Å²) in [6.45, 7) is 7.81. The van der Waals surface area contributed by atoms with E-state index in [1.54, 1.807) is 0 Å². The van der Waals surface area contributed by atoms with Crippen LogP contribution in [-0.4, -0.2) is 47.1 Å².